The minimum atomic E-state index is -3.92. The molecule has 1 heterocycles. The molecule has 0 fully saturated rings. The summed E-state index contributed by atoms with van der Waals surface area (Å²) in [5.74, 6) is 0.0491. The Kier molecular flexibility index (Phi) is 6.13. The van der Waals surface area contributed by atoms with Gasteiger partial charge in [-0.2, -0.15) is 0 Å². The normalized spacial score (nSPS) is 12.2. The molecule has 11 heteroatoms. The van der Waals surface area contributed by atoms with E-state index in [0.29, 0.717) is 5.75 Å². The van der Waals surface area contributed by atoms with Gasteiger partial charge < -0.3 is 4.74 Å². The Morgan fingerprint density at radius 1 is 1.17 bits per heavy atom. The number of carbonyl (C=O) groups excluding carboxylic acids is 1. The fourth-order valence-electron chi connectivity index (χ4n) is 2.39. The van der Waals surface area contributed by atoms with Crippen LogP contribution >= 0.6 is 11.3 Å². The average Bonchev–Trinajstić information content (AvgIpc) is 3.19. The maximum atomic E-state index is 12.7. The number of non-ortho nitro benzene ring substituents is 1. The van der Waals surface area contributed by atoms with Gasteiger partial charge in [0.05, 0.1) is 16.0 Å². The number of benzene rings is 2. The number of ether oxygens (including phenoxy) is 1. The highest BCUT2D eigenvalue weighted by Gasteiger charge is 2.23. The zero-order valence-corrected chi connectivity index (χ0v) is 17.6. The first kappa shape index (κ1) is 21.4. The number of aryl methyl sites for hydroxylation is 1. The van der Waals surface area contributed by atoms with Crippen molar-refractivity contribution in [2.24, 2.45) is 0 Å². The number of nitrogens with zero attached hydrogens (tertiary/aromatic N) is 2. The molecule has 0 bridgehead atoms. The Morgan fingerprint density at radius 3 is 2.40 bits per heavy atom. The van der Waals surface area contributed by atoms with Gasteiger partial charge in [-0.3, -0.25) is 20.2 Å². The molecule has 0 radical (unpaired) electrons. The second kappa shape index (κ2) is 8.59. The molecule has 2 aromatic carbocycles. The monoisotopic (exact) mass is 447 g/mol. The number of hydrogen-bond acceptors (Lipinski definition) is 8. The average molecular weight is 447 g/mol. The highest BCUT2D eigenvalue weighted by molar-refractivity contribution is 7.93. The summed E-state index contributed by atoms with van der Waals surface area (Å²) in [6.07, 6.45) is 0.300. The summed E-state index contributed by atoms with van der Waals surface area (Å²) in [4.78, 5) is 26.3. The molecule has 0 saturated carbocycles. The van der Waals surface area contributed by atoms with Gasteiger partial charge in [0.1, 0.15) is 9.96 Å². The number of amides is 1. The van der Waals surface area contributed by atoms with Gasteiger partial charge in [0.2, 0.25) is 9.84 Å². The van der Waals surface area contributed by atoms with Crippen LogP contribution in [0.1, 0.15) is 12.5 Å². The number of thiazole rings is 1. The Balaban J connectivity index is 1.69. The van der Waals surface area contributed by atoms with Crippen molar-refractivity contribution in [3.8, 4) is 5.75 Å². The van der Waals surface area contributed by atoms with Crippen molar-refractivity contribution < 1.29 is 22.9 Å². The zero-order valence-electron chi connectivity index (χ0n) is 15.9. The van der Waals surface area contributed by atoms with Gasteiger partial charge in [-0.1, -0.05) is 29.0 Å². The lowest BCUT2D eigenvalue weighted by molar-refractivity contribution is -0.384. The van der Waals surface area contributed by atoms with Crippen LogP contribution in [-0.2, 0) is 14.6 Å². The van der Waals surface area contributed by atoms with Crippen molar-refractivity contribution in [1.29, 1.82) is 0 Å². The molecule has 0 aliphatic heterocycles. The molecule has 0 unspecified atom stereocenters. The summed E-state index contributed by atoms with van der Waals surface area (Å²) in [7, 11) is -3.92. The third-order valence-electron chi connectivity index (χ3n) is 4.04. The molecule has 0 aliphatic carbocycles. The molecule has 1 amide bonds. The standard InChI is InChI=1S/C19H17N3O6S2/c1-12-3-7-15(8-4-12)28-13(2)18(23)21-19-20-11-17(29-19)30(26,27)16-9-5-14(6-10-16)22(24)25/h3-11,13H,1-2H3,(H,20,21,23)/t13-/m1/s1. The van der Waals surface area contributed by atoms with E-state index >= 15 is 0 Å². The lowest BCUT2D eigenvalue weighted by atomic mass is 10.2. The van der Waals surface area contributed by atoms with E-state index in [2.05, 4.69) is 10.3 Å². The highest BCUT2D eigenvalue weighted by Crippen LogP contribution is 2.29. The second-order valence-corrected chi connectivity index (χ2v) is 9.51. The van der Waals surface area contributed by atoms with E-state index in [1.165, 1.54) is 0 Å². The summed E-state index contributed by atoms with van der Waals surface area (Å²) in [6, 6.07) is 11.7. The number of sulfone groups is 1. The molecule has 156 valence electrons. The largest absolute Gasteiger partial charge is 0.481 e. The topological polar surface area (TPSA) is 128 Å². The van der Waals surface area contributed by atoms with E-state index in [4.69, 9.17) is 4.74 Å². The van der Waals surface area contributed by atoms with Gasteiger partial charge in [0, 0.05) is 12.1 Å². The molecule has 30 heavy (non-hydrogen) atoms. The van der Waals surface area contributed by atoms with E-state index < -0.39 is 26.8 Å². The first-order valence-electron chi connectivity index (χ1n) is 8.66. The van der Waals surface area contributed by atoms with Gasteiger partial charge in [-0.25, -0.2) is 13.4 Å². The number of nitrogens with one attached hydrogen (secondary N) is 1. The lowest BCUT2D eigenvalue weighted by Crippen LogP contribution is -2.30. The summed E-state index contributed by atoms with van der Waals surface area (Å²) in [5.41, 5.74) is 0.845. The molecule has 0 saturated heterocycles. The van der Waals surface area contributed by atoms with Crippen LogP contribution in [0.2, 0.25) is 0 Å². The first-order chi connectivity index (χ1) is 14.2. The maximum Gasteiger partial charge on any atom is 0.269 e. The number of carbonyl (C=O) groups is 1. The molecular weight excluding hydrogens is 430 g/mol. The fourth-order valence-corrected chi connectivity index (χ4v) is 4.82. The van der Waals surface area contributed by atoms with Crippen LogP contribution in [-0.4, -0.2) is 30.3 Å². The van der Waals surface area contributed by atoms with Crippen LogP contribution in [0.5, 0.6) is 5.75 Å². The van der Waals surface area contributed by atoms with Crippen LogP contribution in [0.4, 0.5) is 10.8 Å². The van der Waals surface area contributed by atoms with E-state index in [1.807, 2.05) is 19.1 Å². The summed E-state index contributed by atoms with van der Waals surface area (Å²) >= 11 is 0.779. The van der Waals surface area contributed by atoms with Gasteiger partial charge >= 0.3 is 0 Å². The fraction of sp³-hybridized carbons (Fsp3) is 0.158. The van der Waals surface area contributed by atoms with Crippen molar-refractivity contribution in [1.82, 2.24) is 4.98 Å². The van der Waals surface area contributed by atoms with Crippen molar-refractivity contribution in [3.05, 3.63) is 70.4 Å². The van der Waals surface area contributed by atoms with Gasteiger partial charge in [-0.05, 0) is 38.1 Å². The third-order valence-corrected chi connectivity index (χ3v) is 7.18. The number of rotatable bonds is 7. The molecule has 1 aromatic heterocycles. The predicted octanol–water partition coefficient (Wildman–Crippen LogP) is 3.60. The lowest BCUT2D eigenvalue weighted by Gasteiger charge is -2.13. The minimum absolute atomic E-state index is 0.0971. The van der Waals surface area contributed by atoms with Crippen molar-refractivity contribution in [2.45, 2.75) is 29.1 Å². The summed E-state index contributed by atoms with van der Waals surface area (Å²) < 4.78 is 30.8. The Morgan fingerprint density at radius 2 is 1.80 bits per heavy atom. The second-order valence-electron chi connectivity index (χ2n) is 6.30. The minimum Gasteiger partial charge on any atom is -0.481 e. The van der Waals surface area contributed by atoms with Gasteiger partial charge in [0.15, 0.2) is 11.2 Å². The summed E-state index contributed by atoms with van der Waals surface area (Å²) in [6.45, 7) is 3.50. The van der Waals surface area contributed by atoms with Crippen molar-refractivity contribution in [3.63, 3.8) is 0 Å². The molecule has 1 atom stereocenters. The molecule has 3 rings (SSSR count). The van der Waals surface area contributed by atoms with Crippen molar-refractivity contribution >= 4 is 37.9 Å². The number of aromatic nitrogens is 1. The Bertz CT molecular complexity index is 1170. The maximum absolute atomic E-state index is 12.7. The number of nitro groups is 1. The smallest absolute Gasteiger partial charge is 0.269 e. The third kappa shape index (κ3) is 4.81. The highest BCUT2D eigenvalue weighted by atomic mass is 32.2. The molecule has 1 N–H and O–H groups in total. The number of nitro benzene ring substituents is 1. The van der Waals surface area contributed by atoms with Gasteiger partial charge in [-0.15, -0.1) is 0 Å². The van der Waals surface area contributed by atoms with E-state index in [9.17, 15) is 23.3 Å². The molecule has 3 aromatic rings. The SMILES string of the molecule is Cc1ccc(O[C@H](C)C(=O)Nc2ncc(S(=O)(=O)c3ccc([N+](=O)[O-])cc3)s2)cc1. The molecule has 9 nitrogen and oxygen atoms in total. The van der Waals surface area contributed by atoms with Crippen LogP contribution in [0.25, 0.3) is 0 Å². The van der Waals surface area contributed by atoms with Crippen LogP contribution in [0.3, 0.4) is 0 Å². The number of hydrogen-bond donors (Lipinski definition) is 1. The quantitative estimate of drug-likeness (QED) is 0.433. The van der Waals surface area contributed by atoms with E-state index in [0.717, 1.165) is 47.4 Å². The van der Waals surface area contributed by atoms with Gasteiger partial charge in [0.25, 0.3) is 11.6 Å². The van der Waals surface area contributed by atoms with E-state index in [1.54, 1.807) is 19.1 Å². The van der Waals surface area contributed by atoms with Crippen LogP contribution in [0, 0.1) is 17.0 Å². The Hall–Kier alpha value is -3.31. The Labute approximate surface area is 176 Å². The predicted molar refractivity (Wildman–Crippen MR) is 111 cm³/mol. The van der Waals surface area contributed by atoms with Crippen LogP contribution < -0.4 is 10.1 Å². The van der Waals surface area contributed by atoms with Crippen molar-refractivity contribution in [2.75, 3.05) is 5.32 Å². The van der Waals surface area contributed by atoms with Crippen LogP contribution in [0.15, 0.2) is 63.8 Å². The molecular formula is C19H17N3O6S2. The zero-order chi connectivity index (χ0) is 21.9. The molecule has 0 spiro atoms. The summed E-state index contributed by atoms with van der Waals surface area (Å²) in [5, 5.41) is 13.3. The molecule has 0 aliphatic rings. The van der Waals surface area contributed by atoms with E-state index in [-0.39, 0.29) is 19.9 Å². The number of anilines is 1. The first-order valence-corrected chi connectivity index (χ1v) is 11.0.